The van der Waals surface area contributed by atoms with E-state index in [0.29, 0.717) is 11.3 Å². The number of hydrogen-bond donors (Lipinski definition) is 2. The second-order valence-electron chi connectivity index (χ2n) is 5.44. The molecular formula is C15H17F3N4O3S. The molecule has 0 unspecified atom stereocenters. The molecule has 0 saturated carbocycles. The zero-order valence-electron chi connectivity index (χ0n) is 13.7. The van der Waals surface area contributed by atoms with Crippen molar-refractivity contribution in [3.63, 3.8) is 0 Å². The van der Waals surface area contributed by atoms with Crippen LogP contribution in [0.2, 0.25) is 0 Å². The van der Waals surface area contributed by atoms with Gasteiger partial charge in [0.2, 0.25) is 21.9 Å². The summed E-state index contributed by atoms with van der Waals surface area (Å²) < 4.78 is 64.1. The number of ether oxygens (including phenoxy) is 1. The van der Waals surface area contributed by atoms with Crippen LogP contribution in [0.4, 0.5) is 24.8 Å². The molecular weight excluding hydrogens is 373 g/mol. The molecule has 0 amide bonds. The number of nitrogens with zero attached hydrogens (tertiary/aromatic N) is 2. The van der Waals surface area contributed by atoms with Gasteiger partial charge in [0.05, 0.1) is 11.5 Å². The summed E-state index contributed by atoms with van der Waals surface area (Å²) in [5, 5.41) is 7.87. The molecule has 0 radical (unpaired) electrons. The van der Waals surface area contributed by atoms with Crippen LogP contribution in [-0.2, 0) is 10.0 Å². The van der Waals surface area contributed by atoms with E-state index in [4.69, 9.17) is 9.88 Å². The van der Waals surface area contributed by atoms with Crippen molar-refractivity contribution < 1.29 is 26.3 Å². The van der Waals surface area contributed by atoms with E-state index in [1.165, 1.54) is 30.5 Å². The van der Waals surface area contributed by atoms with Crippen molar-refractivity contribution in [2.24, 2.45) is 5.14 Å². The van der Waals surface area contributed by atoms with Crippen LogP contribution < -0.4 is 15.2 Å². The van der Waals surface area contributed by atoms with E-state index >= 15 is 0 Å². The number of aryl methyl sites for hydroxylation is 1. The van der Waals surface area contributed by atoms with Crippen molar-refractivity contribution in [1.29, 1.82) is 0 Å². The van der Waals surface area contributed by atoms with Gasteiger partial charge in [0.15, 0.2) is 0 Å². The number of anilines is 2. The van der Waals surface area contributed by atoms with Gasteiger partial charge < -0.3 is 10.1 Å². The molecule has 11 heteroatoms. The largest absolute Gasteiger partial charge is 0.477 e. The number of hydrogen-bond acceptors (Lipinski definition) is 6. The first-order chi connectivity index (χ1) is 12.0. The fourth-order valence-electron chi connectivity index (χ4n) is 1.93. The number of aromatic nitrogens is 2. The lowest BCUT2D eigenvalue weighted by molar-refractivity contribution is -0.136. The number of benzene rings is 1. The van der Waals surface area contributed by atoms with E-state index in [1.807, 2.05) is 0 Å². The van der Waals surface area contributed by atoms with Crippen molar-refractivity contribution in [1.82, 2.24) is 9.97 Å². The molecule has 1 aromatic carbocycles. The summed E-state index contributed by atoms with van der Waals surface area (Å²) in [4.78, 5) is 8.11. The molecule has 0 saturated heterocycles. The summed E-state index contributed by atoms with van der Waals surface area (Å²) in [6, 6.07) is 5.60. The third-order valence-corrected chi connectivity index (χ3v) is 4.14. The second kappa shape index (κ2) is 7.87. The van der Waals surface area contributed by atoms with Gasteiger partial charge in [0, 0.05) is 23.9 Å². The number of rotatable bonds is 7. The SMILES string of the molecule is Cc1cnc(Nc2ccc(S(N)(=O)=O)cc2)nc1OCCCC(F)(F)F. The molecule has 0 aliphatic heterocycles. The van der Waals surface area contributed by atoms with Gasteiger partial charge in [-0.1, -0.05) is 0 Å². The third kappa shape index (κ3) is 6.15. The van der Waals surface area contributed by atoms with Gasteiger partial charge in [0.1, 0.15) is 0 Å². The molecule has 0 spiro atoms. The monoisotopic (exact) mass is 390 g/mol. The van der Waals surface area contributed by atoms with Crippen molar-refractivity contribution in [2.45, 2.75) is 30.8 Å². The Balaban J connectivity index is 2.02. The van der Waals surface area contributed by atoms with Gasteiger partial charge in [-0.25, -0.2) is 18.5 Å². The molecule has 0 aliphatic carbocycles. The molecule has 2 aromatic rings. The van der Waals surface area contributed by atoms with Crippen LogP contribution in [-0.4, -0.2) is 31.2 Å². The van der Waals surface area contributed by atoms with E-state index < -0.39 is 22.6 Å². The Morgan fingerprint density at radius 3 is 2.46 bits per heavy atom. The minimum absolute atomic E-state index is 0.0402. The lowest BCUT2D eigenvalue weighted by Crippen LogP contribution is -2.12. The summed E-state index contributed by atoms with van der Waals surface area (Å²) >= 11 is 0. The van der Waals surface area contributed by atoms with Crippen LogP contribution in [0.5, 0.6) is 5.88 Å². The number of primary sulfonamides is 1. The van der Waals surface area contributed by atoms with Gasteiger partial charge in [-0.3, -0.25) is 0 Å². The van der Waals surface area contributed by atoms with Crippen molar-refractivity contribution in [2.75, 3.05) is 11.9 Å². The number of sulfonamides is 1. The number of halogens is 3. The lowest BCUT2D eigenvalue weighted by Gasteiger charge is -2.11. The van der Waals surface area contributed by atoms with Gasteiger partial charge in [-0.05, 0) is 37.6 Å². The predicted octanol–water partition coefficient (Wildman–Crippen LogP) is 2.90. The average Bonchev–Trinajstić information content (AvgIpc) is 2.53. The molecule has 0 atom stereocenters. The minimum Gasteiger partial charge on any atom is -0.477 e. The van der Waals surface area contributed by atoms with E-state index in [1.54, 1.807) is 6.92 Å². The van der Waals surface area contributed by atoms with Crippen LogP contribution in [0.3, 0.4) is 0 Å². The fourth-order valence-corrected chi connectivity index (χ4v) is 2.45. The van der Waals surface area contributed by atoms with Gasteiger partial charge in [-0.2, -0.15) is 18.2 Å². The lowest BCUT2D eigenvalue weighted by atomic mass is 10.3. The molecule has 142 valence electrons. The third-order valence-electron chi connectivity index (χ3n) is 3.21. The molecule has 1 heterocycles. The predicted molar refractivity (Wildman–Crippen MR) is 88.7 cm³/mol. The standard InChI is InChI=1S/C15H17F3N4O3S/c1-10-9-20-14(22-13(10)25-8-2-7-15(16,17)18)21-11-3-5-12(6-4-11)26(19,23)24/h3-6,9H,2,7-8H2,1H3,(H2,19,23,24)(H,20,21,22). The summed E-state index contributed by atoms with van der Waals surface area (Å²) in [6.07, 6.45) is -3.86. The Labute approximate surface area is 148 Å². The Kier molecular flexibility index (Phi) is 6.03. The van der Waals surface area contributed by atoms with Crippen LogP contribution in [0.15, 0.2) is 35.4 Å². The maximum absolute atomic E-state index is 12.1. The molecule has 0 bridgehead atoms. The highest BCUT2D eigenvalue weighted by molar-refractivity contribution is 7.89. The number of nitrogens with two attached hydrogens (primary N) is 1. The van der Waals surface area contributed by atoms with Crippen molar-refractivity contribution in [3.8, 4) is 5.88 Å². The Morgan fingerprint density at radius 2 is 1.88 bits per heavy atom. The quantitative estimate of drug-likeness (QED) is 0.704. The van der Waals surface area contributed by atoms with Gasteiger partial charge >= 0.3 is 6.18 Å². The summed E-state index contributed by atoms with van der Waals surface area (Å²) in [5.74, 6) is 0.329. The van der Waals surface area contributed by atoms with E-state index in [-0.39, 0.29) is 29.8 Å². The van der Waals surface area contributed by atoms with E-state index in [2.05, 4.69) is 15.3 Å². The Hall–Kier alpha value is -2.40. The van der Waals surface area contributed by atoms with Gasteiger partial charge in [0.25, 0.3) is 0 Å². The zero-order chi connectivity index (χ0) is 19.4. The normalized spacial score (nSPS) is 12.0. The summed E-state index contributed by atoms with van der Waals surface area (Å²) in [7, 11) is -3.79. The van der Waals surface area contributed by atoms with Crippen LogP contribution in [0, 0.1) is 6.92 Å². The topological polar surface area (TPSA) is 107 Å². The molecule has 1 aromatic heterocycles. The Bertz CT molecular complexity index is 855. The molecule has 3 N–H and O–H groups in total. The minimum atomic E-state index is -4.22. The number of nitrogens with one attached hydrogen (secondary N) is 1. The first-order valence-electron chi connectivity index (χ1n) is 7.48. The number of alkyl halides is 3. The van der Waals surface area contributed by atoms with Crippen molar-refractivity contribution >= 4 is 21.7 Å². The molecule has 0 aliphatic rings. The van der Waals surface area contributed by atoms with Crippen LogP contribution in [0.1, 0.15) is 18.4 Å². The molecule has 26 heavy (non-hydrogen) atoms. The van der Waals surface area contributed by atoms with E-state index in [0.717, 1.165) is 0 Å². The Morgan fingerprint density at radius 1 is 1.23 bits per heavy atom. The maximum Gasteiger partial charge on any atom is 0.389 e. The van der Waals surface area contributed by atoms with Crippen molar-refractivity contribution in [3.05, 3.63) is 36.0 Å². The zero-order valence-corrected chi connectivity index (χ0v) is 14.6. The molecule has 2 rings (SSSR count). The van der Waals surface area contributed by atoms with Crippen LogP contribution in [0.25, 0.3) is 0 Å². The maximum atomic E-state index is 12.1. The highest BCUT2D eigenvalue weighted by Crippen LogP contribution is 2.23. The average molecular weight is 390 g/mol. The first kappa shape index (κ1) is 19.9. The molecule has 7 nitrogen and oxygen atoms in total. The summed E-state index contributed by atoms with van der Waals surface area (Å²) in [6.45, 7) is 1.55. The van der Waals surface area contributed by atoms with Gasteiger partial charge in [-0.15, -0.1) is 0 Å². The summed E-state index contributed by atoms with van der Waals surface area (Å²) in [5.41, 5.74) is 1.08. The highest BCUT2D eigenvalue weighted by Gasteiger charge is 2.26. The second-order valence-corrected chi connectivity index (χ2v) is 7.00. The van der Waals surface area contributed by atoms with E-state index in [9.17, 15) is 21.6 Å². The molecule has 0 fully saturated rings. The fraction of sp³-hybridized carbons (Fsp3) is 0.333. The van der Waals surface area contributed by atoms with Crippen LogP contribution >= 0.6 is 0 Å². The smallest absolute Gasteiger partial charge is 0.389 e. The first-order valence-corrected chi connectivity index (χ1v) is 9.02. The highest BCUT2D eigenvalue weighted by atomic mass is 32.2.